The van der Waals surface area contributed by atoms with Crippen LogP contribution in [-0.4, -0.2) is 69.0 Å². The second-order valence-corrected chi connectivity index (χ2v) is 12.9. The van der Waals surface area contributed by atoms with Crippen LogP contribution in [-0.2, 0) is 14.4 Å². The van der Waals surface area contributed by atoms with Crippen molar-refractivity contribution in [2.45, 2.75) is 94.8 Å². The maximum atomic E-state index is 13.8. The third-order valence-electron chi connectivity index (χ3n) is 7.04. The number of hydrogen-bond acceptors (Lipinski definition) is 5. The number of nitrogens with zero attached hydrogens (tertiary/aromatic N) is 1. The first-order valence-electron chi connectivity index (χ1n) is 11.5. The molecule has 31 heavy (non-hydrogen) atoms. The van der Waals surface area contributed by atoms with Gasteiger partial charge in [-0.1, -0.05) is 27.7 Å². The predicted molar refractivity (Wildman–Crippen MR) is 122 cm³/mol. The van der Waals surface area contributed by atoms with Crippen LogP contribution in [0, 0.1) is 17.3 Å². The zero-order valence-corrected chi connectivity index (χ0v) is 20.8. The molecule has 0 radical (unpaired) electrons. The van der Waals surface area contributed by atoms with Crippen molar-refractivity contribution in [1.82, 2.24) is 15.5 Å². The molecule has 0 aromatic carbocycles. The summed E-state index contributed by atoms with van der Waals surface area (Å²) >= 11 is 1.66. The molecule has 3 aliphatic heterocycles. The minimum atomic E-state index is -0.675. The van der Waals surface area contributed by atoms with Crippen LogP contribution >= 0.6 is 11.8 Å². The molecule has 3 amide bonds. The lowest BCUT2D eigenvalue weighted by Gasteiger charge is -2.40. The zero-order chi connectivity index (χ0) is 23.4. The number of aliphatic hydroxyl groups excluding tert-OH is 1. The van der Waals surface area contributed by atoms with Crippen LogP contribution < -0.4 is 10.6 Å². The molecular weight excluding hydrogens is 414 g/mol. The quantitative estimate of drug-likeness (QED) is 0.547. The van der Waals surface area contributed by atoms with Crippen molar-refractivity contribution in [1.29, 1.82) is 0 Å². The van der Waals surface area contributed by atoms with Crippen molar-refractivity contribution >= 4 is 29.5 Å². The lowest BCUT2D eigenvalue weighted by atomic mass is 9.70. The van der Waals surface area contributed by atoms with Gasteiger partial charge in [-0.2, -0.15) is 0 Å². The maximum Gasteiger partial charge on any atom is 0.244 e. The zero-order valence-electron chi connectivity index (χ0n) is 19.9. The van der Waals surface area contributed by atoms with E-state index in [9.17, 15) is 19.5 Å². The second-order valence-electron chi connectivity index (χ2n) is 11.3. The number of rotatable bonds is 7. The third kappa shape index (κ3) is 4.10. The van der Waals surface area contributed by atoms with E-state index in [1.54, 1.807) is 23.7 Å². The number of likely N-dealkylation sites (tertiary alicyclic amines) is 1. The summed E-state index contributed by atoms with van der Waals surface area (Å²) in [6, 6.07) is -1.11. The smallest absolute Gasteiger partial charge is 0.244 e. The second kappa shape index (κ2) is 8.25. The van der Waals surface area contributed by atoms with Gasteiger partial charge in [-0.05, 0) is 44.9 Å². The van der Waals surface area contributed by atoms with Crippen molar-refractivity contribution in [2.24, 2.45) is 17.3 Å². The van der Waals surface area contributed by atoms with E-state index < -0.39 is 34.2 Å². The Morgan fingerprint density at radius 2 is 1.90 bits per heavy atom. The van der Waals surface area contributed by atoms with Gasteiger partial charge in [-0.3, -0.25) is 14.4 Å². The number of hydrogen-bond donors (Lipinski definition) is 3. The summed E-state index contributed by atoms with van der Waals surface area (Å²) in [7, 11) is 1.60. The highest BCUT2D eigenvalue weighted by Gasteiger charge is 2.74. The van der Waals surface area contributed by atoms with Gasteiger partial charge in [0.05, 0.1) is 29.2 Å². The largest absolute Gasteiger partial charge is 0.394 e. The number of amides is 3. The van der Waals surface area contributed by atoms with Gasteiger partial charge in [0.15, 0.2) is 0 Å². The molecule has 0 saturated carbocycles. The highest BCUT2D eigenvalue weighted by atomic mass is 32.2. The summed E-state index contributed by atoms with van der Waals surface area (Å²) in [5.41, 5.74) is -0.411. The molecule has 2 bridgehead atoms. The van der Waals surface area contributed by atoms with Crippen LogP contribution in [0.3, 0.4) is 0 Å². The van der Waals surface area contributed by atoms with Crippen molar-refractivity contribution < 1.29 is 19.5 Å². The van der Waals surface area contributed by atoms with E-state index in [-0.39, 0.29) is 35.0 Å². The Labute approximate surface area is 190 Å². The summed E-state index contributed by atoms with van der Waals surface area (Å²) in [6.07, 6.45) is 2.91. The third-order valence-corrected chi connectivity index (χ3v) is 9.00. The Hall–Kier alpha value is -1.28. The molecule has 2 unspecified atom stereocenters. The fourth-order valence-corrected chi connectivity index (χ4v) is 8.64. The van der Waals surface area contributed by atoms with E-state index in [0.717, 1.165) is 19.3 Å². The molecule has 3 heterocycles. The Bertz CT molecular complexity index is 746. The number of carbonyl (C=O) groups is 3. The molecule has 3 saturated heterocycles. The van der Waals surface area contributed by atoms with Crippen molar-refractivity contribution in [3.63, 3.8) is 0 Å². The summed E-state index contributed by atoms with van der Waals surface area (Å²) < 4.78 is -0.608. The van der Waals surface area contributed by atoms with Gasteiger partial charge in [0.2, 0.25) is 17.7 Å². The number of carbonyl (C=O) groups excluding carboxylic acids is 3. The fourth-order valence-electron chi connectivity index (χ4n) is 6.44. The van der Waals surface area contributed by atoms with Gasteiger partial charge in [-0.15, -0.1) is 11.8 Å². The van der Waals surface area contributed by atoms with E-state index in [1.165, 1.54) is 0 Å². The average molecular weight is 454 g/mol. The fraction of sp³-hybridized carbons (Fsp3) is 0.870. The van der Waals surface area contributed by atoms with E-state index >= 15 is 0 Å². The summed E-state index contributed by atoms with van der Waals surface area (Å²) in [5, 5.41) is 16.0. The normalized spacial score (nSPS) is 33.4. The van der Waals surface area contributed by atoms with Crippen molar-refractivity contribution in [3.05, 3.63) is 0 Å². The highest BCUT2D eigenvalue weighted by molar-refractivity contribution is 8.02. The van der Waals surface area contributed by atoms with Crippen LogP contribution in [0.5, 0.6) is 0 Å². The van der Waals surface area contributed by atoms with Crippen LogP contribution in [0.15, 0.2) is 0 Å². The Morgan fingerprint density at radius 1 is 1.26 bits per heavy atom. The maximum absolute atomic E-state index is 13.8. The van der Waals surface area contributed by atoms with Crippen LogP contribution in [0.2, 0.25) is 0 Å². The van der Waals surface area contributed by atoms with E-state index in [1.807, 2.05) is 20.8 Å². The molecule has 8 heteroatoms. The van der Waals surface area contributed by atoms with Gasteiger partial charge in [0, 0.05) is 17.8 Å². The standard InChI is InChI=1S/C23H39N3O4S/c1-8-13(11-27)26-17(19(29)25-22(5,6)12-21(2,3)4)23-10-9-14(31-23)15(18(28)24-7)16(23)20(26)30/h13-17,27H,8-12H2,1-7H3,(H,24,28)(H,25,29)/t13-,14+,15-,16-,17?,23?/m0/s1. The molecule has 3 fully saturated rings. The molecule has 6 atom stereocenters. The van der Waals surface area contributed by atoms with Gasteiger partial charge in [0.1, 0.15) is 6.04 Å². The molecule has 1 spiro atoms. The minimum absolute atomic E-state index is 0.0324. The lowest BCUT2D eigenvalue weighted by molar-refractivity contribution is -0.143. The summed E-state index contributed by atoms with van der Waals surface area (Å²) in [5.74, 6) is -1.38. The lowest BCUT2D eigenvalue weighted by Crippen LogP contribution is -2.60. The van der Waals surface area contributed by atoms with E-state index in [0.29, 0.717) is 6.42 Å². The highest BCUT2D eigenvalue weighted by Crippen LogP contribution is 2.66. The number of fused-ring (bicyclic) bond motifs is 1. The molecule has 7 nitrogen and oxygen atoms in total. The number of aliphatic hydroxyl groups is 1. The molecule has 3 aliphatic rings. The van der Waals surface area contributed by atoms with Gasteiger partial charge >= 0.3 is 0 Å². The number of thioether (sulfide) groups is 1. The first kappa shape index (κ1) is 24.4. The molecule has 3 N–H and O–H groups in total. The summed E-state index contributed by atoms with van der Waals surface area (Å²) in [6.45, 7) is 12.2. The molecular formula is C23H39N3O4S. The first-order chi connectivity index (χ1) is 14.3. The molecule has 0 aliphatic carbocycles. The monoisotopic (exact) mass is 453 g/mol. The predicted octanol–water partition coefficient (Wildman–Crippen LogP) is 1.93. The summed E-state index contributed by atoms with van der Waals surface area (Å²) in [4.78, 5) is 41.9. The SMILES string of the molecule is CC[C@@H](CO)N1C(=O)[C@@H]2[C@@H](C(=O)NC)[C@H]3CCC2(S3)C1C(=O)NC(C)(C)CC(C)(C)C. The first-order valence-corrected chi connectivity index (χ1v) is 12.3. The minimum Gasteiger partial charge on any atom is -0.394 e. The molecule has 3 rings (SSSR count). The van der Waals surface area contributed by atoms with Gasteiger partial charge in [-0.25, -0.2) is 0 Å². The molecule has 0 aromatic heterocycles. The van der Waals surface area contributed by atoms with Gasteiger partial charge in [0.25, 0.3) is 0 Å². The van der Waals surface area contributed by atoms with Crippen molar-refractivity contribution in [3.8, 4) is 0 Å². The van der Waals surface area contributed by atoms with Crippen molar-refractivity contribution in [2.75, 3.05) is 13.7 Å². The van der Waals surface area contributed by atoms with Gasteiger partial charge < -0.3 is 20.6 Å². The van der Waals surface area contributed by atoms with Crippen LogP contribution in [0.25, 0.3) is 0 Å². The van der Waals surface area contributed by atoms with E-state index in [4.69, 9.17) is 0 Å². The Morgan fingerprint density at radius 3 is 2.42 bits per heavy atom. The van der Waals surface area contributed by atoms with E-state index in [2.05, 4.69) is 31.4 Å². The average Bonchev–Trinajstić information content (AvgIpc) is 3.27. The molecule has 0 aromatic rings. The Balaban J connectivity index is 2.00. The van der Waals surface area contributed by atoms with Crippen LogP contribution in [0.1, 0.15) is 67.2 Å². The van der Waals surface area contributed by atoms with Crippen LogP contribution in [0.4, 0.5) is 0 Å². The number of nitrogens with one attached hydrogen (secondary N) is 2. The topological polar surface area (TPSA) is 98.7 Å². The Kier molecular flexibility index (Phi) is 6.48. The molecule has 176 valence electrons.